The van der Waals surface area contributed by atoms with Crippen molar-refractivity contribution in [3.8, 4) is 0 Å². The van der Waals surface area contributed by atoms with Gasteiger partial charge in [0.2, 0.25) is 5.91 Å². The second-order valence-corrected chi connectivity index (χ2v) is 22.4. The average molecular weight is 1140 g/mol. The number of hydrogen-bond donors (Lipinski definition) is 4. The van der Waals surface area contributed by atoms with E-state index in [1.54, 1.807) is 111 Å². The third-order valence-electron chi connectivity index (χ3n) is 16.8. The number of nitrogens with one attached hydrogen (secondary N) is 1. The number of carbonyl (C=O) groups is 7. The Kier molecular flexibility index (Phi) is 16.6. The minimum Gasteiger partial charge on any atom is -0.456 e. The zero-order chi connectivity index (χ0) is 59.1. The zero-order valence-corrected chi connectivity index (χ0v) is 47.0. The van der Waals surface area contributed by atoms with Crippen LogP contribution in [0.15, 0.2) is 156 Å². The molecule has 5 aromatic rings. The zero-order valence-electron chi connectivity index (χ0n) is 46.2. The van der Waals surface area contributed by atoms with Crippen LogP contribution >= 0.6 is 11.6 Å². The van der Waals surface area contributed by atoms with Gasteiger partial charge < -0.3 is 49.2 Å². The van der Waals surface area contributed by atoms with Gasteiger partial charge in [0.25, 0.3) is 5.91 Å². The number of anilines is 1. The van der Waals surface area contributed by atoms with Crippen molar-refractivity contribution in [2.45, 2.75) is 108 Å². The molecule has 10 rings (SSSR count). The number of likely N-dealkylation sites (N-methyl/N-ethyl adjacent to an activating group) is 1. The molecule has 2 heterocycles. The number of aliphatic hydroxyl groups excluding tert-OH is 2. The molecule has 0 spiro atoms. The fourth-order valence-corrected chi connectivity index (χ4v) is 12.7. The molecule has 0 radical (unpaired) electrons. The number of rotatable bonds is 11. The Bertz CT molecular complexity index is 3360. The molecular formula is C63H64ClN3O15. The average Bonchev–Trinajstić information content (AvgIpc) is 0.735. The first-order valence-corrected chi connectivity index (χ1v) is 27.2. The predicted molar refractivity (Wildman–Crippen MR) is 300 cm³/mol. The van der Waals surface area contributed by atoms with Crippen LogP contribution in [0.4, 0.5) is 5.69 Å². The fraction of sp³-hybridized carbons (Fsp3) is 0.365. The fourth-order valence-electron chi connectivity index (χ4n) is 12.5. The second-order valence-electron chi connectivity index (χ2n) is 22.0. The maximum Gasteiger partial charge on any atom is 0.338 e. The number of nitrogens with zero attached hydrogens (tertiary/aromatic N) is 2. The molecule has 2 saturated carbocycles. The number of benzodiazepines with no additional fused rings is 1. The largest absolute Gasteiger partial charge is 0.456 e. The third-order valence-corrected chi connectivity index (χ3v) is 17.1. The number of aliphatic hydroxyl groups is 3. The predicted octanol–water partition coefficient (Wildman–Crippen LogP) is 6.89. The molecule has 3 aliphatic carbocycles. The van der Waals surface area contributed by atoms with E-state index in [9.17, 15) is 44.1 Å². The van der Waals surface area contributed by atoms with Crippen LogP contribution in [0.1, 0.15) is 97.8 Å². The lowest BCUT2D eigenvalue weighted by molar-refractivity contribution is -0.346. The highest BCUT2D eigenvalue weighted by molar-refractivity contribution is 6.32. The first-order chi connectivity index (χ1) is 38.9. The van der Waals surface area contributed by atoms with Crippen LogP contribution in [0, 0.1) is 16.7 Å². The van der Waals surface area contributed by atoms with Crippen LogP contribution < -0.4 is 10.2 Å². The summed E-state index contributed by atoms with van der Waals surface area (Å²) in [4.78, 5) is 102. The molecule has 428 valence electrons. The number of esters is 4. The van der Waals surface area contributed by atoms with Gasteiger partial charge in [-0.25, -0.2) is 9.59 Å². The van der Waals surface area contributed by atoms with Crippen LogP contribution in [-0.2, 0) is 47.7 Å². The maximum absolute atomic E-state index is 15.5. The monoisotopic (exact) mass is 1140 g/mol. The highest BCUT2D eigenvalue weighted by atomic mass is 35.5. The standard InChI is InChI=1S/C47H51NO14.C16H13ClN2O/c1-25-31(60-43(56)36(52)35(28-16-10-7-11-17-28)48-41(54)29-18-12-8-13-19-29)23-47(57)40(61-42(55)30-20-14-9-15-21-30)38-45(6,32(51)22-33-46(38,24-58-33)62-27(3)50)39(53)37(59-26(2)49)34(25)44(47,4)5;1-19-14-8-7-12(17)9-13(14)16(18-10-15(19)20)11-5-3-2-4-6-11/h7-21,31-33,35-38,40,51-52,57H,22-24H2,1-6H3,(H,48,54);2-9H,10H2,1H3/t31-,32-,33+,35-,36+,37+,38-,40-,45+,46-,47+;/m0./s1. The van der Waals surface area contributed by atoms with Gasteiger partial charge in [-0.3, -0.25) is 29.0 Å². The Labute approximate surface area is 479 Å². The lowest BCUT2D eigenvalue weighted by Crippen LogP contribution is -2.82. The molecule has 1 saturated heterocycles. The van der Waals surface area contributed by atoms with E-state index in [1.165, 1.54) is 26.0 Å². The minimum absolute atomic E-state index is 0.00289. The topological polar surface area (TPSA) is 254 Å². The summed E-state index contributed by atoms with van der Waals surface area (Å²) in [5, 5.41) is 40.9. The summed E-state index contributed by atoms with van der Waals surface area (Å²) in [6, 6.07) is 38.3. The second kappa shape index (κ2) is 23.2. The van der Waals surface area contributed by atoms with Crippen molar-refractivity contribution in [3.05, 3.63) is 184 Å². The first-order valence-electron chi connectivity index (χ1n) is 26.8. The lowest BCUT2D eigenvalue weighted by atomic mass is 9.44. The molecule has 2 aliphatic heterocycles. The van der Waals surface area contributed by atoms with Crippen molar-refractivity contribution >= 4 is 64.5 Å². The lowest BCUT2D eigenvalue weighted by Gasteiger charge is -2.67. The number of carbonyl (C=O) groups excluding carboxylic acids is 7. The number of benzene rings is 5. The van der Waals surface area contributed by atoms with Crippen molar-refractivity contribution in [3.63, 3.8) is 0 Å². The molecule has 82 heavy (non-hydrogen) atoms. The van der Waals surface area contributed by atoms with Gasteiger partial charge in [0, 0.05) is 60.9 Å². The van der Waals surface area contributed by atoms with Gasteiger partial charge in [0.1, 0.15) is 30.5 Å². The number of ether oxygens (including phenoxy) is 5. The summed E-state index contributed by atoms with van der Waals surface area (Å²) in [6.45, 7) is 8.12. The third kappa shape index (κ3) is 10.6. The Morgan fingerprint density at radius 3 is 1.99 bits per heavy atom. The van der Waals surface area contributed by atoms with Crippen molar-refractivity contribution in [2.75, 3.05) is 25.1 Å². The molecule has 19 heteroatoms. The summed E-state index contributed by atoms with van der Waals surface area (Å²) in [7, 11) is 1.76. The quantitative estimate of drug-likeness (QED) is 0.0597. The van der Waals surface area contributed by atoms with E-state index in [4.69, 9.17) is 35.3 Å². The van der Waals surface area contributed by atoms with Gasteiger partial charge >= 0.3 is 23.9 Å². The smallest absolute Gasteiger partial charge is 0.338 e. The van der Waals surface area contributed by atoms with Crippen LogP contribution in [0.2, 0.25) is 5.02 Å². The molecule has 18 nitrogen and oxygen atoms in total. The van der Waals surface area contributed by atoms with Crippen LogP contribution in [0.3, 0.4) is 0 Å². The van der Waals surface area contributed by atoms with E-state index in [0.29, 0.717) is 10.6 Å². The molecule has 0 aromatic heterocycles. The SMILES string of the molecule is CC(=O)O[C@H]1C(=O)[C@@]2(C)[C@H]([C@H](OC(=O)c3ccccc3)[C@]3(O)C[C@H](OC(=O)[C@H](O)[C@@H](NC(=O)c4ccccc4)c4ccccc4)C(C)=C1C3(C)C)[C@]1(OC(C)=O)CO[C@@H]1C[C@@H]2O.CN1C(=O)CN=C(c2ccccc2)c2cc(Cl)ccc21. The van der Waals surface area contributed by atoms with Crippen LogP contribution in [0.5, 0.6) is 0 Å². The minimum atomic E-state index is -2.39. The first kappa shape index (κ1) is 58.8. The molecule has 5 aliphatic rings. The van der Waals surface area contributed by atoms with Gasteiger partial charge in [-0.1, -0.05) is 123 Å². The summed E-state index contributed by atoms with van der Waals surface area (Å²) in [5.74, 6) is -6.87. The number of ketones is 1. The van der Waals surface area contributed by atoms with Gasteiger partial charge in [-0.05, 0) is 73.0 Å². The molecule has 2 amide bonds. The van der Waals surface area contributed by atoms with E-state index in [1.807, 2.05) is 42.5 Å². The van der Waals surface area contributed by atoms with Gasteiger partial charge in [-0.15, -0.1) is 0 Å². The maximum atomic E-state index is 15.5. The van der Waals surface area contributed by atoms with E-state index in [-0.39, 0.29) is 47.8 Å². The number of Topliss-reactive ketones (excluding diaryl/α,β-unsaturated/α-hetero) is 1. The van der Waals surface area contributed by atoms with Gasteiger partial charge in [0.05, 0.1) is 47.0 Å². The van der Waals surface area contributed by atoms with E-state index >= 15 is 4.79 Å². The van der Waals surface area contributed by atoms with Crippen molar-refractivity contribution in [1.29, 1.82) is 0 Å². The van der Waals surface area contributed by atoms with Crippen molar-refractivity contribution < 1.29 is 72.6 Å². The summed E-state index contributed by atoms with van der Waals surface area (Å²) in [6.07, 6.45) is -10.5. The molecule has 11 atom stereocenters. The number of hydrogen-bond acceptors (Lipinski definition) is 16. The molecule has 4 N–H and O–H groups in total. The van der Waals surface area contributed by atoms with Crippen molar-refractivity contribution in [1.82, 2.24) is 5.32 Å². The highest BCUT2D eigenvalue weighted by Gasteiger charge is 2.78. The number of amides is 2. The van der Waals surface area contributed by atoms with E-state index in [0.717, 1.165) is 36.4 Å². The van der Waals surface area contributed by atoms with Crippen LogP contribution in [-0.4, -0.2) is 131 Å². The number of aliphatic imine (C=N–C) groups is 1. The Balaban J connectivity index is 0.000000338. The molecule has 3 fully saturated rings. The number of fused-ring (bicyclic) bond motifs is 6. The Morgan fingerprint density at radius 2 is 1.40 bits per heavy atom. The molecular weight excluding hydrogens is 1070 g/mol. The van der Waals surface area contributed by atoms with Crippen LogP contribution in [0.25, 0.3) is 0 Å². The van der Waals surface area contributed by atoms with E-state index < -0.39 is 113 Å². The molecule has 2 bridgehead atoms. The summed E-state index contributed by atoms with van der Waals surface area (Å²) in [5.41, 5.74) is -3.51. The van der Waals surface area contributed by atoms with Gasteiger partial charge in [0.15, 0.2) is 23.6 Å². The van der Waals surface area contributed by atoms with Gasteiger partial charge in [-0.2, -0.15) is 0 Å². The molecule has 0 unspecified atom stereocenters. The Hall–Kier alpha value is -7.87. The summed E-state index contributed by atoms with van der Waals surface area (Å²) >= 11 is 6.11. The normalized spacial score (nSPS) is 27.6. The van der Waals surface area contributed by atoms with Crippen molar-refractivity contribution in [2.24, 2.45) is 21.7 Å². The molecule has 5 aromatic carbocycles. The van der Waals surface area contributed by atoms with E-state index in [2.05, 4.69) is 10.3 Å². The Morgan fingerprint density at radius 1 is 0.805 bits per heavy atom. The summed E-state index contributed by atoms with van der Waals surface area (Å²) < 4.78 is 30.3. The highest BCUT2D eigenvalue weighted by Crippen LogP contribution is 2.64. The number of halogens is 1.